The number of thioether (sulfide) groups is 1. The Morgan fingerprint density at radius 1 is 1.12 bits per heavy atom. The standard InChI is InChI=1S/C20H30N8O2S2/c1-7-8-11-28-16-10-9-14(32(29,30)27(5)6)12-15(16)22-20(28)31-13(2)17-23-18(21)25-19(24-17)26(3)4/h9-10,12-13H,7-8,11H2,1-6H3,(H2,21,23,24,25). The number of unbranched alkanes of at least 4 members (excludes halogenated alkanes) is 1. The van der Waals surface area contributed by atoms with E-state index in [9.17, 15) is 8.42 Å². The van der Waals surface area contributed by atoms with Gasteiger partial charge in [0.25, 0.3) is 0 Å². The number of fused-ring (bicyclic) bond motifs is 1. The smallest absolute Gasteiger partial charge is 0.242 e. The van der Waals surface area contributed by atoms with Crippen molar-refractivity contribution in [1.82, 2.24) is 28.8 Å². The average Bonchev–Trinajstić information content (AvgIpc) is 3.07. The summed E-state index contributed by atoms with van der Waals surface area (Å²) in [5.74, 6) is 1.23. The second-order valence-electron chi connectivity index (χ2n) is 7.84. The SMILES string of the molecule is CCCCn1c(SC(C)c2nc(N)nc(N(C)C)n2)nc2cc(S(=O)(=O)N(C)C)ccc21. The summed E-state index contributed by atoms with van der Waals surface area (Å²) in [7, 11) is 3.19. The van der Waals surface area contributed by atoms with Gasteiger partial charge in [0.2, 0.25) is 21.9 Å². The number of sulfonamides is 1. The number of hydrogen-bond acceptors (Lipinski definition) is 9. The van der Waals surface area contributed by atoms with E-state index in [2.05, 4.69) is 26.4 Å². The molecule has 0 saturated heterocycles. The Morgan fingerprint density at radius 2 is 1.84 bits per heavy atom. The van der Waals surface area contributed by atoms with Gasteiger partial charge in [-0.3, -0.25) is 0 Å². The lowest BCUT2D eigenvalue weighted by Crippen LogP contribution is -2.22. The normalized spacial score (nSPS) is 13.1. The van der Waals surface area contributed by atoms with Crippen molar-refractivity contribution in [1.29, 1.82) is 0 Å². The molecule has 0 fully saturated rings. The first kappa shape index (κ1) is 24.2. The number of aromatic nitrogens is 5. The number of aryl methyl sites for hydroxylation is 1. The number of nitrogens with zero attached hydrogens (tertiary/aromatic N) is 7. The Kier molecular flexibility index (Phi) is 7.25. The summed E-state index contributed by atoms with van der Waals surface area (Å²) in [6, 6.07) is 5.09. The molecule has 0 aliphatic heterocycles. The molecule has 12 heteroatoms. The topological polar surface area (TPSA) is 123 Å². The largest absolute Gasteiger partial charge is 0.368 e. The fourth-order valence-electron chi connectivity index (χ4n) is 3.07. The molecular formula is C20H30N8O2S2. The first-order valence-electron chi connectivity index (χ1n) is 10.3. The van der Waals surface area contributed by atoms with Crippen LogP contribution in [-0.2, 0) is 16.6 Å². The molecule has 3 rings (SSSR count). The molecule has 0 bridgehead atoms. The molecule has 0 aliphatic carbocycles. The van der Waals surface area contributed by atoms with Crippen LogP contribution in [0.3, 0.4) is 0 Å². The Labute approximate surface area is 193 Å². The van der Waals surface area contributed by atoms with Gasteiger partial charge >= 0.3 is 0 Å². The van der Waals surface area contributed by atoms with E-state index < -0.39 is 10.0 Å². The van der Waals surface area contributed by atoms with Crippen LogP contribution in [0.5, 0.6) is 0 Å². The van der Waals surface area contributed by atoms with Crippen molar-refractivity contribution in [3.05, 3.63) is 24.0 Å². The molecule has 1 atom stereocenters. The average molecular weight is 479 g/mol. The van der Waals surface area contributed by atoms with Crippen molar-refractivity contribution < 1.29 is 8.42 Å². The predicted octanol–water partition coefficient (Wildman–Crippen LogP) is 2.77. The van der Waals surface area contributed by atoms with Crippen molar-refractivity contribution in [3.63, 3.8) is 0 Å². The monoisotopic (exact) mass is 478 g/mol. The second kappa shape index (κ2) is 9.59. The third kappa shape index (κ3) is 4.97. The molecule has 32 heavy (non-hydrogen) atoms. The van der Waals surface area contributed by atoms with Crippen LogP contribution in [0.4, 0.5) is 11.9 Å². The van der Waals surface area contributed by atoms with Crippen LogP contribution in [0.15, 0.2) is 28.3 Å². The molecule has 10 nitrogen and oxygen atoms in total. The summed E-state index contributed by atoms with van der Waals surface area (Å²) >= 11 is 1.51. The Bertz CT molecular complexity index is 1210. The third-order valence-electron chi connectivity index (χ3n) is 4.90. The molecule has 0 spiro atoms. The second-order valence-corrected chi connectivity index (χ2v) is 11.3. The molecule has 0 aliphatic rings. The number of hydrogen-bond donors (Lipinski definition) is 1. The van der Waals surface area contributed by atoms with E-state index in [-0.39, 0.29) is 16.1 Å². The van der Waals surface area contributed by atoms with Gasteiger partial charge in [0.05, 0.1) is 21.2 Å². The van der Waals surface area contributed by atoms with E-state index >= 15 is 0 Å². The fraction of sp³-hybridized carbons (Fsp3) is 0.500. The van der Waals surface area contributed by atoms with E-state index in [1.807, 2.05) is 27.1 Å². The molecule has 174 valence electrons. The van der Waals surface area contributed by atoms with Gasteiger partial charge in [0.1, 0.15) is 5.82 Å². The minimum absolute atomic E-state index is 0.138. The third-order valence-corrected chi connectivity index (χ3v) is 7.80. The van der Waals surface area contributed by atoms with Gasteiger partial charge in [0, 0.05) is 34.7 Å². The Morgan fingerprint density at radius 3 is 2.47 bits per heavy atom. The Balaban J connectivity index is 2.03. The minimum Gasteiger partial charge on any atom is -0.368 e. The van der Waals surface area contributed by atoms with Crippen LogP contribution in [0.1, 0.15) is 37.8 Å². The molecule has 2 N–H and O–H groups in total. The molecule has 0 radical (unpaired) electrons. The fourth-order valence-corrected chi connectivity index (χ4v) is 4.99. The lowest BCUT2D eigenvalue weighted by atomic mass is 10.3. The first-order valence-corrected chi connectivity index (χ1v) is 12.6. The van der Waals surface area contributed by atoms with E-state index in [4.69, 9.17) is 10.7 Å². The lowest BCUT2D eigenvalue weighted by Gasteiger charge is -2.15. The summed E-state index contributed by atoms with van der Waals surface area (Å²) in [6.45, 7) is 4.90. The molecule has 1 unspecified atom stereocenters. The van der Waals surface area contributed by atoms with Crippen LogP contribution in [0.2, 0.25) is 0 Å². The number of benzene rings is 1. The maximum Gasteiger partial charge on any atom is 0.242 e. The molecule has 2 aromatic heterocycles. The van der Waals surface area contributed by atoms with Gasteiger partial charge in [-0.15, -0.1) is 0 Å². The van der Waals surface area contributed by atoms with Crippen molar-refractivity contribution in [2.45, 2.75) is 48.5 Å². The van der Waals surface area contributed by atoms with Gasteiger partial charge in [-0.05, 0) is 31.5 Å². The zero-order valence-electron chi connectivity index (χ0n) is 19.3. The summed E-state index contributed by atoms with van der Waals surface area (Å²) in [5.41, 5.74) is 7.43. The maximum atomic E-state index is 12.6. The zero-order valence-corrected chi connectivity index (χ0v) is 20.9. The number of anilines is 2. The van der Waals surface area contributed by atoms with Crippen LogP contribution in [0.25, 0.3) is 11.0 Å². The quantitative estimate of drug-likeness (QED) is 0.462. The van der Waals surface area contributed by atoms with Crippen molar-refractivity contribution in [2.75, 3.05) is 38.8 Å². The van der Waals surface area contributed by atoms with Crippen LogP contribution >= 0.6 is 11.8 Å². The number of nitrogen functional groups attached to an aromatic ring is 1. The van der Waals surface area contributed by atoms with E-state index in [0.29, 0.717) is 17.3 Å². The minimum atomic E-state index is -3.54. The lowest BCUT2D eigenvalue weighted by molar-refractivity contribution is 0.521. The van der Waals surface area contributed by atoms with Crippen LogP contribution < -0.4 is 10.6 Å². The van der Waals surface area contributed by atoms with Gasteiger partial charge < -0.3 is 15.2 Å². The van der Waals surface area contributed by atoms with E-state index in [1.54, 1.807) is 17.0 Å². The first-order chi connectivity index (χ1) is 15.0. The van der Waals surface area contributed by atoms with Crippen molar-refractivity contribution >= 4 is 44.7 Å². The van der Waals surface area contributed by atoms with E-state index in [1.165, 1.54) is 30.2 Å². The van der Waals surface area contributed by atoms with Gasteiger partial charge in [-0.1, -0.05) is 25.1 Å². The van der Waals surface area contributed by atoms with Gasteiger partial charge in [0.15, 0.2) is 5.16 Å². The number of nitrogens with two attached hydrogens (primary N) is 1. The summed E-state index contributed by atoms with van der Waals surface area (Å²) in [4.78, 5) is 19.8. The summed E-state index contributed by atoms with van der Waals surface area (Å²) < 4.78 is 28.5. The zero-order chi connectivity index (χ0) is 23.6. The highest BCUT2D eigenvalue weighted by Gasteiger charge is 2.22. The van der Waals surface area contributed by atoms with Crippen molar-refractivity contribution in [3.8, 4) is 0 Å². The molecule has 2 heterocycles. The van der Waals surface area contributed by atoms with Crippen LogP contribution in [-0.4, -0.2) is 65.4 Å². The molecule has 3 aromatic rings. The molecular weight excluding hydrogens is 448 g/mol. The molecule has 0 saturated carbocycles. The predicted molar refractivity (Wildman–Crippen MR) is 128 cm³/mol. The maximum absolute atomic E-state index is 12.6. The van der Waals surface area contributed by atoms with Gasteiger partial charge in [-0.2, -0.15) is 15.0 Å². The van der Waals surface area contributed by atoms with Crippen molar-refractivity contribution in [2.24, 2.45) is 0 Å². The highest BCUT2D eigenvalue weighted by molar-refractivity contribution is 7.99. The highest BCUT2D eigenvalue weighted by atomic mass is 32.2. The van der Waals surface area contributed by atoms with Crippen LogP contribution in [0, 0.1) is 0 Å². The Hall–Kier alpha value is -2.44. The number of imidazole rings is 1. The number of rotatable bonds is 9. The summed E-state index contributed by atoms with van der Waals surface area (Å²) in [6.07, 6.45) is 2.01. The molecule has 1 aromatic carbocycles. The van der Waals surface area contributed by atoms with Gasteiger partial charge in [-0.25, -0.2) is 17.7 Å². The van der Waals surface area contributed by atoms with E-state index in [0.717, 1.165) is 30.1 Å². The highest BCUT2D eigenvalue weighted by Crippen LogP contribution is 2.36. The molecule has 0 amide bonds. The summed E-state index contributed by atoms with van der Waals surface area (Å²) in [5, 5.41) is 0.645.